The Morgan fingerprint density at radius 3 is 1.38 bits per heavy atom. The van der Waals surface area contributed by atoms with Crippen LogP contribution in [0.4, 0.5) is 0 Å². The van der Waals surface area contributed by atoms with E-state index in [0.717, 1.165) is 0 Å². The highest BCUT2D eigenvalue weighted by atomic mass is 14.1. The molecule has 0 saturated heterocycles. The van der Waals surface area contributed by atoms with Crippen molar-refractivity contribution in [2.45, 2.75) is 68.2 Å². The highest BCUT2D eigenvalue weighted by Crippen LogP contribution is 2.17. The first-order valence-corrected chi connectivity index (χ1v) is 9.71. The summed E-state index contributed by atoms with van der Waals surface area (Å²) >= 11 is 0. The van der Waals surface area contributed by atoms with Gasteiger partial charge in [0.05, 0.1) is 0 Å². The van der Waals surface area contributed by atoms with Gasteiger partial charge in [0.2, 0.25) is 0 Å². The Morgan fingerprint density at radius 2 is 0.958 bits per heavy atom. The molecule has 2 aromatic rings. The first-order chi connectivity index (χ1) is 12.0. The summed E-state index contributed by atoms with van der Waals surface area (Å²) in [6.45, 7) is 16.0. The zero-order chi connectivity index (χ0) is 19.1. The first kappa shape index (κ1) is 27.0. The molecule has 0 fully saturated rings. The number of hydrogen-bond acceptors (Lipinski definition) is 0. The summed E-state index contributed by atoms with van der Waals surface area (Å²) in [5.41, 5.74) is 2.89. The van der Waals surface area contributed by atoms with Gasteiger partial charge in [-0.1, -0.05) is 128 Å². The lowest BCUT2D eigenvalue weighted by atomic mass is 9.98. The van der Waals surface area contributed by atoms with E-state index < -0.39 is 0 Å². The highest BCUT2D eigenvalue weighted by molar-refractivity contribution is 5.55. The van der Waals surface area contributed by atoms with Gasteiger partial charge in [0.15, 0.2) is 0 Å². The standard InChI is InChI=1S/C10H10.C6H6.4C2H6/c1-2-6-10-8-4-3-7-9(10)5-1;1-2-4-6-5-3-1;4*1-2/h1-3,5-7H,4,8H2;1-6H;4*1-2H3. The lowest BCUT2D eigenvalue weighted by Crippen LogP contribution is -1.91. The summed E-state index contributed by atoms with van der Waals surface area (Å²) in [4.78, 5) is 0. The Hall–Kier alpha value is -1.82. The van der Waals surface area contributed by atoms with Crippen LogP contribution in [0.3, 0.4) is 0 Å². The minimum Gasteiger partial charge on any atom is -0.0836 e. The Kier molecular flexibility index (Phi) is 29.4. The third kappa shape index (κ3) is 15.1. The van der Waals surface area contributed by atoms with Crippen LogP contribution in [0.15, 0.2) is 66.7 Å². The van der Waals surface area contributed by atoms with Crippen LogP contribution >= 0.6 is 0 Å². The van der Waals surface area contributed by atoms with Gasteiger partial charge in [-0.25, -0.2) is 0 Å². The van der Waals surface area contributed by atoms with Crippen LogP contribution in [-0.4, -0.2) is 0 Å². The van der Waals surface area contributed by atoms with Gasteiger partial charge in [-0.15, -0.1) is 0 Å². The molecule has 0 atom stereocenters. The third-order valence-corrected chi connectivity index (χ3v) is 2.60. The SMILES string of the molecule is C1=Cc2ccccc2CC1.CC.CC.CC.CC.c1ccccc1. The molecule has 0 unspecified atom stereocenters. The summed E-state index contributed by atoms with van der Waals surface area (Å²) in [7, 11) is 0. The molecule has 0 radical (unpaired) electrons. The summed E-state index contributed by atoms with van der Waals surface area (Å²) < 4.78 is 0. The molecule has 136 valence electrons. The van der Waals surface area contributed by atoms with Crippen molar-refractivity contribution in [3.8, 4) is 0 Å². The monoisotopic (exact) mass is 328 g/mol. The maximum absolute atomic E-state index is 2.24. The maximum Gasteiger partial charge on any atom is -0.0228 e. The van der Waals surface area contributed by atoms with Gasteiger partial charge in [0.25, 0.3) is 0 Å². The molecule has 1 aliphatic carbocycles. The predicted octanol–water partition coefficient (Wildman–Crippen LogP) is 8.44. The van der Waals surface area contributed by atoms with Crippen molar-refractivity contribution < 1.29 is 0 Å². The lowest BCUT2D eigenvalue weighted by molar-refractivity contribution is 0.986. The number of aryl methyl sites for hydroxylation is 1. The van der Waals surface area contributed by atoms with Crippen LogP contribution in [0, 0.1) is 0 Å². The predicted molar refractivity (Wildman–Crippen MR) is 116 cm³/mol. The molecule has 0 aromatic heterocycles. The topological polar surface area (TPSA) is 0 Å². The largest absolute Gasteiger partial charge is 0.0836 e. The van der Waals surface area contributed by atoms with E-state index in [2.05, 4.69) is 36.4 Å². The number of benzene rings is 2. The van der Waals surface area contributed by atoms with Gasteiger partial charge >= 0.3 is 0 Å². The summed E-state index contributed by atoms with van der Waals surface area (Å²) in [5.74, 6) is 0. The Morgan fingerprint density at radius 1 is 0.542 bits per heavy atom. The highest BCUT2D eigenvalue weighted by Gasteiger charge is 2.00. The summed E-state index contributed by atoms with van der Waals surface area (Å²) in [6.07, 6.45) is 6.87. The molecule has 0 heterocycles. The van der Waals surface area contributed by atoms with Crippen molar-refractivity contribution in [1.82, 2.24) is 0 Å². The van der Waals surface area contributed by atoms with Crippen molar-refractivity contribution >= 4 is 6.08 Å². The molecular formula is C24H40. The second-order valence-electron chi connectivity index (χ2n) is 3.79. The molecule has 0 aliphatic heterocycles. The fraction of sp³-hybridized carbons (Fsp3) is 0.417. The van der Waals surface area contributed by atoms with Crippen molar-refractivity contribution in [2.24, 2.45) is 0 Å². The van der Waals surface area contributed by atoms with Gasteiger partial charge in [0.1, 0.15) is 0 Å². The van der Waals surface area contributed by atoms with Crippen LogP contribution in [0.1, 0.15) is 72.9 Å². The van der Waals surface area contributed by atoms with E-state index in [9.17, 15) is 0 Å². The maximum atomic E-state index is 2.24. The zero-order valence-corrected chi connectivity index (χ0v) is 17.3. The molecule has 24 heavy (non-hydrogen) atoms. The fourth-order valence-electron chi connectivity index (χ4n) is 1.76. The van der Waals surface area contributed by atoms with E-state index in [1.165, 1.54) is 24.0 Å². The van der Waals surface area contributed by atoms with Crippen molar-refractivity contribution in [1.29, 1.82) is 0 Å². The van der Waals surface area contributed by atoms with E-state index in [-0.39, 0.29) is 0 Å². The van der Waals surface area contributed by atoms with E-state index in [1.54, 1.807) is 0 Å². The molecule has 2 aromatic carbocycles. The number of rotatable bonds is 0. The second-order valence-corrected chi connectivity index (χ2v) is 3.79. The Labute approximate surface area is 152 Å². The first-order valence-electron chi connectivity index (χ1n) is 9.71. The molecule has 0 amide bonds. The van der Waals surface area contributed by atoms with E-state index in [0.29, 0.717) is 0 Å². The van der Waals surface area contributed by atoms with Gasteiger partial charge in [-0.2, -0.15) is 0 Å². The number of fused-ring (bicyclic) bond motifs is 1. The van der Waals surface area contributed by atoms with Crippen LogP contribution in [0.5, 0.6) is 0 Å². The average molecular weight is 329 g/mol. The van der Waals surface area contributed by atoms with E-state index in [4.69, 9.17) is 0 Å². The van der Waals surface area contributed by atoms with Crippen molar-refractivity contribution in [2.75, 3.05) is 0 Å². The van der Waals surface area contributed by atoms with Crippen LogP contribution in [0.2, 0.25) is 0 Å². The molecular weight excluding hydrogens is 288 g/mol. The molecule has 1 aliphatic rings. The molecule has 0 saturated carbocycles. The Bertz CT molecular complexity index is 414. The lowest BCUT2D eigenvalue weighted by Gasteiger charge is -2.07. The molecule has 0 heteroatoms. The molecule has 3 rings (SSSR count). The van der Waals surface area contributed by atoms with Gasteiger partial charge in [-0.3, -0.25) is 0 Å². The smallest absolute Gasteiger partial charge is 0.0228 e. The summed E-state index contributed by atoms with van der Waals surface area (Å²) in [6, 6.07) is 20.6. The third-order valence-electron chi connectivity index (χ3n) is 2.60. The summed E-state index contributed by atoms with van der Waals surface area (Å²) in [5, 5.41) is 0. The minimum atomic E-state index is 1.21. The number of hydrogen-bond donors (Lipinski definition) is 0. The van der Waals surface area contributed by atoms with Crippen molar-refractivity contribution in [3.05, 3.63) is 77.9 Å². The quantitative estimate of drug-likeness (QED) is 0.455. The van der Waals surface area contributed by atoms with E-state index >= 15 is 0 Å². The van der Waals surface area contributed by atoms with Crippen LogP contribution in [0.25, 0.3) is 6.08 Å². The fourth-order valence-corrected chi connectivity index (χ4v) is 1.76. The molecule has 0 nitrogen and oxygen atoms in total. The Balaban J connectivity index is -0.000000273. The van der Waals surface area contributed by atoms with Gasteiger partial charge < -0.3 is 0 Å². The van der Waals surface area contributed by atoms with Gasteiger partial charge in [-0.05, 0) is 24.0 Å². The van der Waals surface area contributed by atoms with Gasteiger partial charge in [0, 0.05) is 0 Å². The molecule has 0 N–H and O–H groups in total. The van der Waals surface area contributed by atoms with Crippen LogP contribution < -0.4 is 0 Å². The molecule has 0 bridgehead atoms. The molecule has 0 spiro atoms. The normalized spacial score (nSPS) is 9.17. The zero-order valence-electron chi connectivity index (χ0n) is 17.3. The van der Waals surface area contributed by atoms with Crippen molar-refractivity contribution in [3.63, 3.8) is 0 Å². The van der Waals surface area contributed by atoms with Crippen LogP contribution in [-0.2, 0) is 6.42 Å². The number of allylic oxidation sites excluding steroid dienone is 1. The average Bonchev–Trinajstić information content (AvgIpc) is 2.76. The minimum absolute atomic E-state index is 1.21. The van der Waals surface area contributed by atoms with E-state index in [1.807, 2.05) is 91.8 Å². The second kappa shape index (κ2) is 26.1.